The summed E-state index contributed by atoms with van der Waals surface area (Å²) in [6.07, 6.45) is 0. The maximum atomic E-state index is 12.3. The SMILES string of the molecule is Cc1cc2ccccc2n2c(SCC(=O)c3ccccc3)nnc12. The highest BCUT2D eigenvalue weighted by Gasteiger charge is 2.14. The van der Waals surface area contributed by atoms with Crippen LogP contribution in [0.1, 0.15) is 15.9 Å². The van der Waals surface area contributed by atoms with Gasteiger partial charge in [-0.2, -0.15) is 0 Å². The molecule has 0 bridgehead atoms. The van der Waals surface area contributed by atoms with Crippen LogP contribution >= 0.6 is 11.8 Å². The van der Waals surface area contributed by atoms with Crippen LogP contribution in [0.2, 0.25) is 0 Å². The van der Waals surface area contributed by atoms with Gasteiger partial charge in [0.2, 0.25) is 0 Å². The van der Waals surface area contributed by atoms with Crippen molar-refractivity contribution in [2.75, 3.05) is 5.75 Å². The van der Waals surface area contributed by atoms with Gasteiger partial charge in [-0.15, -0.1) is 10.2 Å². The van der Waals surface area contributed by atoms with Crippen LogP contribution in [0.25, 0.3) is 16.6 Å². The lowest BCUT2D eigenvalue weighted by Crippen LogP contribution is -2.03. The molecule has 0 spiro atoms. The van der Waals surface area contributed by atoms with Crippen LogP contribution in [0.3, 0.4) is 0 Å². The minimum atomic E-state index is 0.0920. The minimum Gasteiger partial charge on any atom is -0.293 e. The molecule has 5 heteroatoms. The molecule has 0 aliphatic rings. The molecule has 24 heavy (non-hydrogen) atoms. The van der Waals surface area contributed by atoms with E-state index >= 15 is 0 Å². The summed E-state index contributed by atoms with van der Waals surface area (Å²) < 4.78 is 2.04. The Balaban J connectivity index is 1.71. The predicted molar refractivity (Wildman–Crippen MR) is 96.7 cm³/mol. The number of pyridine rings is 1. The number of fused-ring (bicyclic) bond motifs is 3. The number of Topliss-reactive ketones (excluding diaryl/α,β-unsaturated/α-hetero) is 1. The number of benzene rings is 2. The molecule has 0 saturated carbocycles. The Morgan fingerprint density at radius 2 is 1.79 bits per heavy atom. The molecule has 118 valence electrons. The van der Waals surface area contributed by atoms with Crippen molar-refractivity contribution < 1.29 is 4.79 Å². The molecule has 4 nitrogen and oxygen atoms in total. The highest BCUT2D eigenvalue weighted by atomic mass is 32.2. The zero-order valence-corrected chi connectivity index (χ0v) is 14.0. The van der Waals surface area contributed by atoms with E-state index in [2.05, 4.69) is 22.3 Å². The molecule has 0 saturated heterocycles. The third-order valence-electron chi connectivity index (χ3n) is 3.96. The van der Waals surface area contributed by atoms with Crippen molar-refractivity contribution in [1.29, 1.82) is 0 Å². The first kappa shape index (κ1) is 14.9. The first-order valence-electron chi connectivity index (χ1n) is 7.68. The second-order valence-electron chi connectivity index (χ2n) is 5.61. The fraction of sp³-hybridized carbons (Fsp3) is 0.105. The predicted octanol–water partition coefficient (Wildman–Crippen LogP) is 4.17. The average Bonchev–Trinajstić information content (AvgIpc) is 3.05. The highest BCUT2D eigenvalue weighted by molar-refractivity contribution is 7.99. The van der Waals surface area contributed by atoms with E-state index in [0.29, 0.717) is 5.75 Å². The van der Waals surface area contributed by atoms with Gasteiger partial charge in [-0.25, -0.2) is 0 Å². The Labute approximate surface area is 143 Å². The van der Waals surface area contributed by atoms with Crippen LogP contribution in [0, 0.1) is 6.92 Å². The topological polar surface area (TPSA) is 47.3 Å². The molecule has 0 aliphatic heterocycles. The van der Waals surface area contributed by atoms with Crippen LogP contribution in [0.15, 0.2) is 65.8 Å². The van der Waals surface area contributed by atoms with Crippen LogP contribution in [0.4, 0.5) is 0 Å². The van der Waals surface area contributed by atoms with Crippen LogP contribution < -0.4 is 0 Å². The van der Waals surface area contributed by atoms with Crippen LogP contribution in [0.5, 0.6) is 0 Å². The molecule has 0 atom stereocenters. The number of aryl methyl sites for hydroxylation is 1. The van der Waals surface area contributed by atoms with Gasteiger partial charge in [0.05, 0.1) is 11.3 Å². The Morgan fingerprint density at radius 1 is 1.04 bits per heavy atom. The van der Waals surface area contributed by atoms with Gasteiger partial charge in [-0.1, -0.05) is 60.3 Å². The Hall–Kier alpha value is -2.66. The molecule has 0 unspecified atom stereocenters. The monoisotopic (exact) mass is 333 g/mol. The summed E-state index contributed by atoms with van der Waals surface area (Å²) in [7, 11) is 0. The Bertz CT molecular complexity index is 1040. The molecular weight excluding hydrogens is 318 g/mol. The van der Waals surface area contributed by atoms with Gasteiger partial charge in [0.25, 0.3) is 0 Å². The second kappa shape index (κ2) is 6.09. The molecule has 0 aliphatic carbocycles. The van der Waals surface area contributed by atoms with E-state index in [1.165, 1.54) is 11.8 Å². The van der Waals surface area contributed by atoms with Crippen molar-refractivity contribution in [3.63, 3.8) is 0 Å². The number of aromatic nitrogens is 3. The van der Waals surface area contributed by atoms with Gasteiger partial charge in [0.15, 0.2) is 16.6 Å². The molecule has 0 N–H and O–H groups in total. The lowest BCUT2D eigenvalue weighted by Gasteiger charge is -2.06. The molecule has 0 fully saturated rings. The standard InChI is InChI=1S/C19H15N3OS/c1-13-11-15-9-5-6-10-16(15)22-18(13)20-21-19(22)24-12-17(23)14-7-3-2-4-8-14/h2-11H,12H2,1H3. The number of thioether (sulfide) groups is 1. The number of ketones is 1. The van der Waals surface area contributed by atoms with E-state index < -0.39 is 0 Å². The van der Waals surface area contributed by atoms with E-state index in [0.717, 1.165) is 32.8 Å². The fourth-order valence-electron chi connectivity index (χ4n) is 2.78. The summed E-state index contributed by atoms with van der Waals surface area (Å²) >= 11 is 1.42. The molecule has 0 amide bonds. The molecule has 2 aromatic heterocycles. The van der Waals surface area contributed by atoms with E-state index in [-0.39, 0.29) is 5.78 Å². The van der Waals surface area contributed by atoms with Gasteiger partial charge in [-0.05, 0) is 30.0 Å². The zero-order chi connectivity index (χ0) is 16.5. The third-order valence-corrected chi connectivity index (χ3v) is 4.89. The summed E-state index contributed by atoms with van der Waals surface area (Å²) in [6.45, 7) is 2.03. The largest absolute Gasteiger partial charge is 0.293 e. The first-order valence-corrected chi connectivity index (χ1v) is 8.67. The zero-order valence-electron chi connectivity index (χ0n) is 13.1. The van der Waals surface area contributed by atoms with Gasteiger partial charge >= 0.3 is 0 Å². The normalized spacial score (nSPS) is 11.2. The average molecular weight is 333 g/mol. The quantitative estimate of drug-likeness (QED) is 0.415. The Morgan fingerprint density at radius 3 is 2.62 bits per heavy atom. The summed E-state index contributed by atoms with van der Waals surface area (Å²) in [5.41, 5.74) is 3.68. The Kier molecular flexibility index (Phi) is 3.78. The summed E-state index contributed by atoms with van der Waals surface area (Å²) in [4.78, 5) is 12.3. The maximum Gasteiger partial charge on any atom is 0.196 e. The smallest absolute Gasteiger partial charge is 0.196 e. The summed E-state index contributed by atoms with van der Waals surface area (Å²) in [5.74, 6) is 0.432. The first-order chi connectivity index (χ1) is 11.7. The lowest BCUT2D eigenvalue weighted by molar-refractivity contribution is 0.102. The maximum absolute atomic E-state index is 12.3. The van der Waals surface area contributed by atoms with Crippen molar-refractivity contribution in [3.05, 3.63) is 71.8 Å². The second-order valence-corrected chi connectivity index (χ2v) is 6.55. The highest BCUT2D eigenvalue weighted by Crippen LogP contribution is 2.25. The van der Waals surface area contributed by atoms with Gasteiger partial charge < -0.3 is 0 Å². The fourth-order valence-corrected chi connectivity index (χ4v) is 3.62. The van der Waals surface area contributed by atoms with Crippen molar-refractivity contribution in [2.24, 2.45) is 0 Å². The van der Waals surface area contributed by atoms with Crippen molar-refractivity contribution in [1.82, 2.24) is 14.6 Å². The van der Waals surface area contributed by atoms with Crippen molar-refractivity contribution in [2.45, 2.75) is 12.1 Å². The van der Waals surface area contributed by atoms with Gasteiger partial charge in [0, 0.05) is 5.56 Å². The number of rotatable bonds is 4. The van der Waals surface area contributed by atoms with E-state index in [9.17, 15) is 4.79 Å². The number of para-hydroxylation sites is 1. The van der Waals surface area contributed by atoms with E-state index in [1.54, 1.807) is 0 Å². The van der Waals surface area contributed by atoms with Crippen LogP contribution in [-0.2, 0) is 0 Å². The number of hydrogen-bond donors (Lipinski definition) is 0. The number of carbonyl (C=O) groups excluding carboxylic acids is 1. The third kappa shape index (κ3) is 2.57. The minimum absolute atomic E-state index is 0.0920. The van der Waals surface area contributed by atoms with Crippen molar-refractivity contribution >= 4 is 34.1 Å². The van der Waals surface area contributed by atoms with Gasteiger partial charge in [0.1, 0.15) is 0 Å². The van der Waals surface area contributed by atoms with Crippen LogP contribution in [-0.4, -0.2) is 26.1 Å². The molecule has 4 aromatic rings. The summed E-state index contributed by atoms with van der Waals surface area (Å²) in [6, 6.07) is 19.6. The number of nitrogens with zero attached hydrogens (tertiary/aromatic N) is 3. The molecule has 0 radical (unpaired) electrons. The number of hydrogen-bond acceptors (Lipinski definition) is 4. The van der Waals surface area contributed by atoms with Crippen molar-refractivity contribution in [3.8, 4) is 0 Å². The van der Waals surface area contributed by atoms with Gasteiger partial charge in [-0.3, -0.25) is 9.20 Å². The van der Waals surface area contributed by atoms with E-state index in [4.69, 9.17) is 0 Å². The molecule has 2 heterocycles. The molecule has 4 rings (SSSR count). The summed E-state index contributed by atoms with van der Waals surface area (Å²) in [5, 5.41) is 10.5. The lowest BCUT2D eigenvalue weighted by atomic mass is 10.1. The molecular formula is C19H15N3OS. The van der Waals surface area contributed by atoms with E-state index in [1.807, 2.05) is 59.9 Å². The number of carbonyl (C=O) groups is 1. The molecule has 2 aromatic carbocycles.